The van der Waals surface area contributed by atoms with Gasteiger partial charge in [-0.2, -0.15) is 4.91 Å². The molecule has 4 nitrogen and oxygen atoms in total. The smallest absolute Gasteiger partial charge is 0.206 e. The van der Waals surface area contributed by atoms with Crippen molar-refractivity contribution in [1.82, 2.24) is 4.57 Å². The van der Waals surface area contributed by atoms with Gasteiger partial charge in [0.15, 0.2) is 0 Å². The molecule has 100 valence electrons. The molecule has 0 amide bonds. The highest BCUT2D eigenvalue weighted by molar-refractivity contribution is 5.87. The van der Waals surface area contributed by atoms with Crippen LogP contribution in [-0.2, 0) is 13.6 Å². The van der Waals surface area contributed by atoms with Gasteiger partial charge in [0.2, 0.25) is 5.88 Å². The lowest BCUT2D eigenvalue weighted by molar-refractivity contribution is 0.440. The van der Waals surface area contributed by atoms with E-state index in [1.54, 1.807) is 0 Å². The average Bonchev–Trinajstić information content (AvgIpc) is 2.75. The molecule has 0 aliphatic rings. The second-order valence-electron chi connectivity index (χ2n) is 4.56. The van der Waals surface area contributed by atoms with E-state index in [2.05, 4.69) is 5.18 Å². The van der Waals surface area contributed by atoms with Gasteiger partial charge in [-0.1, -0.05) is 41.6 Å². The van der Waals surface area contributed by atoms with Crippen molar-refractivity contribution in [2.45, 2.75) is 6.54 Å². The molecule has 3 aromatic rings. The number of rotatable bonds is 4. The normalized spacial score (nSPS) is 10.7. The van der Waals surface area contributed by atoms with Gasteiger partial charge in [0.25, 0.3) is 0 Å². The van der Waals surface area contributed by atoms with Crippen LogP contribution in [0.5, 0.6) is 11.6 Å². The molecule has 0 bridgehead atoms. The Morgan fingerprint density at radius 3 is 2.50 bits per heavy atom. The summed E-state index contributed by atoms with van der Waals surface area (Å²) < 4.78 is 7.89. The molecule has 0 unspecified atom stereocenters. The van der Waals surface area contributed by atoms with Gasteiger partial charge in [0.1, 0.15) is 12.3 Å². The molecule has 0 aliphatic carbocycles. The standard InChI is InChI=1S/C16H14N2O2/c1-18-15-10-6-5-9-13(15)14(11-17-19)16(18)20-12-7-3-2-4-8-12/h2-10H,11H2,1H3. The first-order valence-electron chi connectivity index (χ1n) is 6.39. The van der Waals surface area contributed by atoms with E-state index in [1.165, 1.54) is 0 Å². The number of aromatic nitrogens is 1. The van der Waals surface area contributed by atoms with Crippen molar-refractivity contribution in [3.63, 3.8) is 0 Å². The maximum Gasteiger partial charge on any atom is 0.206 e. The Balaban J connectivity index is 2.15. The Morgan fingerprint density at radius 1 is 1.05 bits per heavy atom. The summed E-state index contributed by atoms with van der Waals surface area (Å²) in [5.74, 6) is 1.41. The first kappa shape index (κ1) is 12.4. The van der Waals surface area contributed by atoms with Crippen molar-refractivity contribution in [1.29, 1.82) is 0 Å². The van der Waals surface area contributed by atoms with Crippen LogP contribution < -0.4 is 4.74 Å². The number of hydrogen-bond donors (Lipinski definition) is 0. The first-order chi connectivity index (χ1) is 9.81. The molecule has 0 aliphatic heterocycles. The van der Waals surface area contributed by atoms with Crippen LogP contribution in [0.1, 0.15) is 5.56 Å². The zero-order chi connectivity index (χ0) is 13.9. The fourth-order valence-corrected chi connectivity index (χ4v) is 2.40. The second kappa shape index (κ2) is 5.17. The van der Waals surface area contributed by atoms with Crippen LogP contribution in [0.25, 0.3) is 10.9 Å². The molecule has 20 heavy (non-hydrogen) atoms. The van der Waals surface area contributed by atoms with Crippen molar-refractivity contribution in [2.24, 2.45) is 12.2 Å². The molecule has 0 saturated heterocycles. The molecule has 0 saturated carbocycles. The van der Waals surface area contributed by atoms with Gasteiger partial charge in [0.05, 0.1) is 5.52 Å². The maximum absolute atomic E-state index is 10.7. The molecule has 0 atom stereocenters. The Kier molecular flexibility index (Phi) is 3.21. The van der Waals surface area contributed by atoms with Crippen molar-refractivity contribution in [3.8, 4) is 11.6 Å². The highest BCUT2D eigenvalue weighted by Gasteiger charge is 2.16. The van der Waals surface area contributed by atoms with Crippen molar-refractivity contribution < 1.29 is 4.74 Å². The van der Waals surface area contributed by atoms with E-state index in [9.17, 15) is 4.91 Å². The lowest BCUT2D eigenvalue weighted by Crippen LogP contribution is -1.95. The van der Waals surface area contributed by atoms with Gasteiger partial charge in [-0.15, -0.1) is 0 Å². The third kappa shape index (κ3) is 2.05. The minimum absolute atomic E-state index is 0.101. The summed E-state index contributed by atoms with van der Waals surface area (Å²) in [6, 6.07) is 17.4. The van der Waals surface area contributed by atoms with E-state index >= 15 is 0 Å². The minimum Gasteiger partial charge on any atom is -0.440 e. The number of nitrogens with zero attached hydrogens (tertiary/aromatic N) is 2. The largest absolute Gasteiger partial charge is 0.440 e. The Morgan fingerprint density at radius 2 is 1.75 bits per heavy atom. The van der Waals surface area contributed by atoms with Gasteiger partial charge in [0, 0.05) is 18.0 Å². The number of hydrogen-bond acceptors (Lipinski definition) is 3. The minimum atomic E-state index is 0.101. The van der Waals surface area contributed by atoms with Crippen LogP contribution in [0.4, 0.5) is 0 Å². The lowest BCUT2D eigenvalue weighted by Gasteiger charge is -2.08. The SMILES string of the molecule is Cn1c(Oc2ccccc2)c(CN=O)c2ccccc21. The monoisotopic (exact) mass is 266 g/mol. The maximum atomic E-state index is 10.7. The van der Waals surface area contributed by atoms with E-state index in [0.717, 1.165) is 22.2 Å². The van der Waals surface area contributed by atoms with E-state index in [4.69, 9.17) is 4.74 Å². The van der Waals surface area contributed by atoms with E-state index < -0.39 is 0 Å². The van der Waals surface area contributed by atoms with E-state index in [-0.39, 0.29) is 6.54 Å². The van der Waals surface area contributed by atoms with Crippen molar-refractivity contribution in [2.75, 3.05) is 0 Å². The summed E-state index contributed by atoms with van der Waals surface area (Å²) in [6.07, 6.45) is 0. The molecule has 1 heterocycles. The highest BCUT2D eigenvalue weighted by Crippen LogP contribution is 2.34. The van der Waals surface area contributed by atoms with Gasteiger partial charge in [-0.05, 0) is 18.2 Å². The molecule has 0 fully saturated rings. The fourth-order valence-electron chi connectivity index (χ4n) is 2.40. The van der Waals surface area contributed by atoms with E-state index in [1.807, 2.05) is 66.2 Å². The van der Waals surface area contributed by atoms with Crippen LogP contribution in [0, 0.1) is 4.91 Å². The number of aryl methyl sites for hydroxylation is 1. The molecule has 0 N–H and O–H groups in total. The predicted molar refractivity (Wildman–Crippen MR) is 78.9 cm³/mol. The fraction of sp³-hybridized carbons (Fsp3) is 0.125. The Bertz CT molecular complexity index is 748. The molecule has 0 radical (unpaired) electrons. The predicted octanol–water partition coefficient (Wildman–Crippen LogP) is 4.24. The van der Waals surface area contributed by atoms with E-state index in [0.29, 0.717) is 5.88 Å². The lowest BCUT2D eigenvalue weighted by atomic mass is 10.2. The van der Waals surface area contributed by atoms with Gasteiger partial charge < -0.3 is 9.30 Å². The summed E-state index contributed by atoms with van der Waals surface area (Å²) in [7, 11) is 1.93. The zero-order valence-electron chi connectivity index (χ0n) is 11.1. The summed E-state index contributed by atoms with van der Waals surface area (Å²) in [5.41, 5.74) is 1.85. The van der Waals surface area contributed by atoms with Crippen LogP contribution in [0.3, 0.4) is 0 Å². The molecule has 1 aromatic heterocycles. The third-order valence-corrected chi connectivity index (χ3v) is 3.33. The first-order valence-corrected chi connectivity index (χ1v) is 6.39. The molecule has 4 heteroatoms. The third-order valence-electron chi connectivity index (χ3n) is 3.33. The quantitative estimate of drug-likeness (QED) is 0.663. The summed E-state index contributed by atoms with van der Waals surface area (Å²) in [4.78, 5) is 10.7. The van der Waals surface area contributed by atoms with Crippen LogP contribution in [0.15, 0.2) is 59.8 Å². The number of ether oxygens (including phenoxy) is 1. The van der Waals surface area contributed by atoms with Crippen LogP contribution in [0.2, 0.25) is 0 Å². The Hall–Kier alpha value is -2.62. The van der Waals surface area contributed by atoms with Crippen LogP contribution >= 0.6 is 0 Å². The van der Waals surface area contributed by atoms with Crippen molar-refractivity contribution in [3.05, 3.63) is 65.1 Å². The number of fused-ring (bicyclic) bond motifs is 1. The number of nitroso groups, excluding NO2 is 1. The highest BCUT2D eigenvalue weighted by atomic mass is 16.5. The average molecular weight is 266 g/mol. The summed E-state index contributed by atoms with van der Waals surface area (Å²) >= 11 is 0. The molecule has 0 spiro atoms. The summed E-state index contributed by atoms with van der Waals surface area (Å²) in [5, 5.41) is 4.03. The topological polar surface area (TPSA) is 43.6 Å². The Labute approximate surface area is 116 Å². The molecule has 3 rings (SSSR count). The molecular weight excluding hydrogens is 252 g/mol. The van der Waals surface area contributed by atoms with Gasteiger partial charge in [-0.25, -0.2) is 0 Å². The van der Waals surface area contributed by atoms with Gasteiger partial charge >= 0.3 is 0 Å². The number of benzene rings is 2. The molecule has 2 aromatic carbocycles. The van der Waals surface area contributed by atoms with Gasteiger partial charge in [-0.3, -0.25) is 0 Å². The van der Waals surface area contributed by atoms with Crippen LogP contribution in [-0.4, -0.2) is 4.57 Å². The molecular formula is C16H14N2O2. The van der Waals surface area contributed by atoms with Crippen molar-refractivity contribution >= 4 is 10.9 Å². The number of para-hydroxylation sites is 2. The summed E-state index contributed by atoms with van der Waals surface area (Å²) in [6.45, 7) is 0.101. The zero-order valence-corrected chi connectivity index (χ0v) is 11.1. The second-order valence-corrected chi connectivity index (χ2v) is 4.56.